The van der Waals surface area contributed by atoms with Gasteiger partial charge in [0.1, 0.15) is 22.8 Å². The molecule has 6 rings (SSSR count). The van der Waals surface area contributed by atoms with Crippen molar-refractivity contribution in [3.05, 3.63) is 114 Å². The Kier molecular flexibility index (Phi) is 9.68. The zero-order chi connectivity index (χ0) is 35.4. The van der Waals surface area contributed by atoms with Gasteiger partial charge in [-0.1, -0.05) is 42.5 Å². The lowest BCUT2D eigenvalue weighted by Gasteiger charge is -2.10. The monoisotopic (exact) mass is 671 g/mol. The largest absolute Gasteiger partial charge is 0.351 e. The highest BCUT2D eigenvalue weighted by atomic mass is 16.2. The fraction of sp³-hybridized carbons (Fsp3) is 0.189. The number of amides is 4. The van der Waals surface area contributed by atoms with Gasteiger partial charge in [-0.3, -0.25) is 19.2 Å². The van der Waals surface area contributed by atoms with Crippen LogP contribution in [0.3, 0.4) is 0 Å². The van der Waals surface area contributed by atoms with Crippen LogP contribution < -0.4 is 21.3 Å². The predicted octanol–water partition coefficient (Wildman–Crippen LogP) is 4.90. The highest BCUT2D eigenvalue weighted by Crippen LogP contribution is 2.24. The molecule has 13 nitrogen and oxygen atoms in total. The summed E-state index contributed by atoms with van der Waals surface area (Å²) in [5.41, 5.74) is 3.50. The van der Waals surface area contributed by atoms with Gasteiger partial charge in [-0.2, -0.15) is 0 Å². The van der Waals surface area contributed by atoms with Gasteiger partial charge >= 0.3 is 0 Å². The maximum Gasteiger partial charge on any atom is 0.274 e. The summed E-state index contributed by atoms with van der Waals surface area (Å²) in [6.07, 6.45) is 4.10. The van der Waals surface area contributed by atoms with Crippen LogP contribution in [0.5, 0.6) is 0 Å². The minimum Gasteiger partial charge on any atom is -0.351 e. The molecule has 254 valence electrons. The van der Waals surface area contributed by atoms with E-state index in [-0.39, 0.29) is 23.0 Å². The Labute approximate surface area is 288 Å². The molecule has 4 aromatic heterocycles. The number of nitrogens with one attached hydrogen (secondary N) is 4. The Morgan fingerprint density at radius 3 is 1.98 bits per heavy atom. The Morgan fingerprint density at radius 2 is 1.26 bits per heavy atom. The van der Waals surface area contributed by atoms with Crippen LogP contribution in [-0.4, -0.2) is 74.8 Å². The quantitative estimate of drug-likeness (QED) is 0.143. The van der Waals surface area contributed by atoms with E-state index in [4.69, 9.17) is 0 Å². The number of para-hydroxylation sites is 2. The van der Waals surface area contributed by atoms with Crippen molar-refractivity contribution in [2.75, 3.05) is 43.1 Å². The highest BCUT2D eigenvalue weighted by molar-refractivity contribution is 6.10. The molecule has 13 heteroatoms. The van der Waals surface area contributed by atoms with Gasteiger partial charge in [-0.05, 0) is 63.5 Å². The number of rotatable bonds is 11. The Balaban J connectivity index is 1.12. The van der Waals surface area contributed by atoms with E-state index in [9.17, 15) is 19.2 Å². The lowest BCUT2D eigenvalue weighted by Crippen LogP contribution is -2.28. The molecule has 50 heavy (non-hydrogen) atoms. The van der Waals surface area contributed by atoms with Crippen LogP contribution in [0.1, 0.15) is 48.4 Å². The molecule has 0 aliphatic rings. The molecule has 0 atom stereocenters. The molecule has 0 aliphatic carbocycles. The van der Waals surface area contributed by atoms with Crippen LogP contribution in [0.15, 0.2) is 91.3 Å². The molecular formula is C37H37N9O4. The molecule has 0 saturated heterocycles. The van der Waals surface area contributed by atoms with Crippen molar-refractivity contribution >= 4 is 62.5 Å². The van der Waals surface area contributed by atoms with Gasteiger partial charge in [0.05, 0.1) is 28.1 Å². The second-order valence-corrected chi connectivity index (χ2v) is 12.2. The third-order valence-electron chi connectivity index (χ3n) is 8.09. The summed E-state index contributed by atoms with van der Waals surface area (Å²) in [6.45, 7) is 1.40. The summed E-state index contributed by atoms with van der Waals surface area (Å²) in [4.78, 5) is 63.4. The number of nitrogens with zero attached hydrogens (tertiary/aromatic N) is 5. The Morgan fingerprint density at radius 1 is 0.660 bits per heavy atom. The zero-order valence-electron chi connectivity index (χ0n) is 28.2. The van der Waals surface area contributed by atoms with Crippen molar-refractivity contribution < 1.29 is 19.2 Å². The van der Waals surface area contributed by atoms with Crippen LogP contribution in [-0.2, 0) is 14.1 Å². The molecule has 0 bridgehead atoms. The van der Waals surface area contributed by atoms with Crippen molar-refractivity contribution in [3.8, 4) is 0 Å². The fourth-order valence-electron chi connectivity index (χ4n) is 5.55. The number of carbonyl (C=O) groups is 4. The smallest absolute Gasteiger partial charge is 0.274 e. The summed E-state index contributed by atoms with van der Waals surface area (Å²) < 4.78 is 3.25. The van der Waals surface area contributed by atoms with E-state index in [0.717, 1.165) is 23.7 Å². The van der Waals surface area contributed by atoms with E-state index in [1.165, 1.54) is 0 Å². The van der Waals surface area contributed by atoms with Crippen LogP contribution in [0, 0.1) is 0 Å². The van der Waals surface area contributed by atoms with Crippen LogP contribution in [0.25, 0.3) is 21.8 Å². The van der Waals surface area contributed by atoms with Crippen LogP contribution in [0.4, 0.5) is 17.1 Å². The molecule has 0 spiro atoms. The Hall–Kier alpha value is -6.34. The SMILES string of the molecule is CN(C)CCCNC(=O)c1cc(NC(=O)c2cc(NC(=O)c3ccc4cccc(NC(=O)c5ccc6ccccc6n5)c4n3)cn2C)cn1C. The van der Waals surface area contributed by atoms with Gasteiger partial charge in [0.25, 0.3) is 23.6 Å². The van der Waals surface area contributed by atoms with E-state index >= 15 is 0 Å². The number of aromatic nitrogens is 4. The molecule has 0 radical (unpaired) electrons. The van der Waals surface area contributed by atoms with Crippen molar-refractivity contribution in [1.29, 1.82) is 0 Å². The summed E-state index contributed by atoms with van der Waals surface area (Å²) in [7, 11) is 7.38. The molecule has 0 saturated carbocycles. The molecule has 0 fully saturated rings. The number of fused-ring (bicyclic) bond motifs is 2. The second kappa shape index (κ2) is 14.4. The predicted molar refractivity (Wildman–Crippen MR) is 194 cm³/mol. The van der Waals surface area contributed by atoms with Gasteiger partial charge in [0.2, 0.25) is 0 Å². The summed E-state index contributed by atoms with van der Waals surface area (Å²) in [6, 6.07) is 22.9. The first-order chi connectivity index (χ1) is 24.0. The first-order valence-electron chi connectivity index (χ1n) is 16.0. The molecule has 4 N–H and O–H groups in total. The fourth-order valence-corrected chi connectivity index (χ4v) is 5.55. The maximum absolute atomic E-state index is 13.3. The van der Waals surface area contributed by atoms with Gasteiger partial charge in [-0.15, -0.1) is 0 Å². The summed E-state index contributed by atoms with van der Waals surface area (Å²) >= 11 is 0. The van der Waals surface area contributed by atoms with E-state index in [2.05, 4.69) is 31.2 Å². The molecule has 2 aromatic carbocycles. The molecule has 0 aliphatic heterocycles. The molecule has 0 unspecified atom stereocenters. The van der Waals surface area contributed by atoms with Gasteiger partial charge in [-0.25, -0.2) is 9.97 Å². The minimum absolute atomic E-state index is 0.120. The average molecular weight is 672 g/mol. The van der Waals surface area contributed by atoms with Gasteiger partial charge < -0.3 is 35.3 Å². The number of hydrogen-bond donors (Lipinski definition) is 4. The lowest BCUT2D eigenvalue weighted by molar-refractivity contribution is 0.0942. The van der Waals surface area contributed by atoms with Crippen molar-refractivity contribution in [1.82, 2.24) is 29.3 Å². The van der Waals surface area contributed by atoms with E-state index in [0.29, 0.717) is 40.3 Å². The number of anilines is 3. The van der Waals surface area contributed by atoms with Crippen molar-refractivity contribution in [3.63, 3.8) is 0 Å². The number of hydrogen-bond acceptors (Lipinski definition) is 7. The summed E-state index contributed by atoms with van der Waals surface area (Å²) in [5, 5.41) is 13.1. The number of pyridine rings is 2. The number of aryl methyl sites for hydroxylation is 2. The number of benzene rings is 2. The standard InChI is InChI=1S/C37H37N9O4/c1-44(2)18-8-17-38-36(49)31-19-26(22-45(31)3)40-37(50)32-20-25(21-46(32)4)39-34(47)30-16-14-24-10-7-12-28(33(24)42-30)43-35(48)29-15-13-23-9-5-6-11-27(23)41-29/h5-7,9-16,19-22H,8,17-18H2,1-4H3,(H,38,49)(H,39,47)(H,40,50)(H,43,48). The normalized spacial score (nSPS) is 11.1. The van der Waals surface area contributed by atoms with E-state index < -0.39 is 17.7 Å². The first kappa shape index (κ1) is 33.6. The molecule has 4 amide bonds. The van der Waals surface area contributed by atoms with E-state index in [1.54, 1.807) is 78.1 Å². The third kappa shape index (κ3) is 7.53. The Bertz CT molecular complexity index is 2250. The summed E-state index contributed by atoms with van der Waals surface area (Å²) in [5.74, 6) is -1.54. The number of carbonyl (C=O) groups excluding carboxylic acids is 4. The molecular weight excluding hydrogens is 634 g/mol. The maximum atomic E-state index is 13.3. The average Bonchev–Trinajstić information content (AvgIpc) is 3.66. The topological polar surface area (TPSA) is 155 Å². The van der Waals surface area contributed by atoms with Crippen LogP contribution in [0.2, 0.25) is 0 Å². The van der Waals surface area contributed by atoms with E-state index in [1.807, 2.05) is 55.4 Å². The third-order valence-corrected chi connectivity index (χ3v) is 8.09. The van der Waals surface area contributed by atoms with Gasteiger partial charge in [0, 0.05) is 43.8 Å². The lowest BCUT2D eigenvalue weighted by atomic mass is 10.1. The van der Waals surface area contributed by atoms with Crippen molar-refractivity contribution in [2.45, 2.75) is 6.42 Å². The highest BCUT2D eigenvalue weighted by Gasteiger charge is 2.19. The first-order valence-corrected chi connectivity index (χ1v) is 16.0. The minimum atomic E-state index is -0.494. The van der Waals surface area contributed by atoms with Crippen LogP contribution >= 0.6 is 0 Å². The zero-order valence-corrected chi connectivity index (χ0v) is 28.2. The molecule has 6 aromatic rings. The molecule has 4 heterocycles. The second-order valence-electron chi connectivity index (χ2n) is 12.2. The van der Waals surface area contributed by atoms with Crippen molar-refractivity contribution in [2.24, 2.45) is 14.1 Å². The van der Waals surface area contributed by atoms with Gasteiger partial charge in [0.15, 0.2) is 0 Å².